The van der Waals surface area contributed by atoms with Crippen LogP contribution < -0.4 is 0 Å². The third-order valence-corrected chi connectivity index (χ3v) is 5.96. The van der Waals surface area contributed by atoms with Gasteiger partial charge in [0.2, 0.25) is 5.79 Å². The summed E-state index contributed by atoms with van der Waals surface area (Å²) in [5.41, 5.74) is 0.919. The van der Waals surface area contributed by atoms with E-state index in [0.29, 0.717) is 5.92 Å². The normalized spacial score (nSPS) is 13.1. The zero-order chi connectivity index (χ0) is 20.2. The van der Waals surface area contributed by atoms with Gasteiger partial charge in [0.05, 0.1) is 0 Å². The highest BCUT2D eigenvalue weighted by molar-refractivity contribution is 5.84. The lowest BCUT2D eigenvalue weighted by molar-refractivity contribution is -0.254. The topological polar surface area (TPSA) is 31.4 Å². The molecule has 0 N–H and O–H groups in total. The van der Waals surface area contributed by atoms with Crippen molar-refractivity contribution in [2.45, 2.75) is 83.8 Å². The predicted octanol–water partition coefficient (Wildman–Crippen LogP) is 7.24. The number of unbranched alkanes of at least 4 members (excludes halogenated alkanes) is 6. The molecule has 1 aromatic heterocycles. The van der Waals surface area contributed by atoms with Crippen LogP contribution in [0.5, 0.6) is 0 Å². The molecule has 0 aliphatic carbocycles. The lowest BCUT2D eigenvalue weighted by Crippen LogP contribution is -2.40. The summed E-state index contributed by atoms with van der Waals surface area (Å²) in [6.07, 6.45) is 14.3. The van der Waals surface area contributed by atoms with Gasteiger partial charge in [-0.2, -0.15) is 0 Å². The molecule has 0 radical (unpaired) electrons. The van der Waals surface area contributed by atoms with E-state index in [9.17, 15) is 0 Å². The zero-order valence-corrected chi connectivity index (χ0v) is 18.4. The molecule has 0 fully saturated rings. The Hall–Kier alpha value is -1.45. The van der Waals surface area contributed by atoms with E-state index in [4.69, 9.17) is 14.5 Å². The van der Waals surface area contributed by atoms with Crippen LogP contribution in [0.2, 0.25) is 0 Å². The van der Waals surface area contributed by atoms with Gasteiger partial charge in [-0.05, 0) is 24.3 Å². The van der Waals surface area contributed by atoms with Crippen molar-refractivity contribution >= 4 is 10.8 Å². The number of fused-ring (bicyclic) bond motifs is 1. The minimum Gasteiger partial charge on any atom is -0.348 e. The number of rotatable bonds is 14. The monoisotopic (exact) mass is 385 g/mol. The maximum atomic E-state index is 6.15. The summed E-state index contributed by atoms with van der Waals surface area (Å²) in [7, 11) is 3.54. The molecule has 2 aromatic rings. The number of hydrogen-bond acceptors (Lipinski definition) is 3. The maximum absolute atomic E-state index is 6.15. The molecule has 1 aromatic carbocycles. The molecule has 0 aliphatic rings. The van der Waals surface area contributed by atoms with E-state index in [1.54, 1.807) is 14.2 Å². The molecule has 1 heterocycles. The fourth-order valence-electron chi connectivity index (χ4n) is 4.35. The smallest absolute Gasteiger partial charge is 0.215 e. The Balaban J connectivity index is 2.28. The summed E-state index contributed by atoms with van der Waals surface area (Å²) < 4.78 is 12.3. The van der Waals surface area contributed by atoms with E-state index in [1.807, 2.05) is 6.20 Å². The summed E-state index contributed by atoms with van der Waals surface area (Å²) in [4.78, 5) is 4.77. The Labute approximate surface area is 171 Å². The van der Waals surface area contributed by atoms with E-state index in [1.165, 1.54) is 56.8 Å². The third kappa shape index (κ3) is 5.55. The third-order valence-electron chi connectivity index (χ3n) is 5.96. The first-order valence-electron chi connectivity index (χ1n) is 11.2. The quantitative estimate of drug-likeness (QED) is 0.254. The number of benzene rings is 1. The average molecular weight is 386 g/mol. The van der Waals surface area contributed by atoms with Crippen molar-refractivity contribution in [1.29, 1.82) is 0 Å². The number of ether oxygens (including phenoxy) is 2. The van der Waals surface area contributed by atoms with Crippen LogP contribution in [0.1, 0.15) is 83.7 Å². The standard InChI is InChI=1S/C25H39NO2/c1-5-7-9-10-11-12-17-22(16-8-6-2)25(27-3,28-4)24-23-18-14-13-15-21(23)19-20-26-24/h13-15,18-20,22H,5-12,16-17H2,1-4H3. The lowest BCUT2D eigenvalue weighted by Gasteiger charge is -2.38. The van der Waals surface area contributed by atoms with Crippen molar-refractivity contribution in [3.05, 3.63) is 42.2 Å². The predicted molar refractivity (Wildman–Crippen MR) is 118 cm³/mol. The Morgan fingerprint density at radius 2 is 1.46 bits per heavy atom. The molecule has 156 valence electrons. The van der Waals surface area contributed by atoms with Crippen LogP contribution >= 0.6 is 0 Å². The van der Waals surface area contributed by atoms with Gasteiger partial charge in [-0.3, -0.25) is 4.98 Å². The van der Waals surface area contributed by atoms with E-state index < -0.39 is 5.79 Å². The van der Waals surface area contributed by atoms with Crippen LogP contribution in [0.25, 0.3) is 10.8 Å². The zero-order valence-electron chi connectivity index (χ0n) is 18.4. The van der Waals surface area contributed by atoms with Crippen LogP contribution in [0, 0.1) is 5.92 Å². The van der Waals surface area contributed by atoms with Crippen molar-refractivity contribution in [3.8, 4) is 0 Å². The average Bonchev–Trinajstić information content (AvgIpc) is 2.75. The van der Waals surface area contributed by atoms with Gasteiger partial charge in [0.25, 0.3) is 0 Å². The highest BCUT2D eigenvalue weighted by Gasteiger charge is 2.42. The SMILES string of the molecule is CCCCCCCCC(CCCC)C(OC)(OC)c1nccc2ccccc12. The first kappa shape index (κ1) is 22.8. The van der Waals surface area contributed by atoms with Crippen LogP contribution in [0.4, 0.5) is 0 Å². The minimum absolute atomic E-state index is 0.298. The maximum Gasteiger partial charge on any atom is 0.215 e. The second-order valence-electron chi connectivity index (χ2n) is 7.85. The second kappa shape index (κ2) is 12.2. The Bertz CT molecular complexity index is 676. The van der Waals surface area contributed by atoms with Crippen LogP contribution in [-0.4, -0.2) is 19.2 Å². The number of pyridine rings is 1. The van der Waals surface area contributed by atoms with Crippen LogP contribution in [-0.2, 0) is 15.3 Å². The number of hydrogen-bond donors (Lipinski definition) is 0. The first-order chi connectivity index (χ1) is 13.7. The fourth-order valence-corrected chi connectivity index (χ4v) is 4.35. The molecule has 0 saturated carbocycles. The molecular weight excluding hydrogens is 346 g/mol. The molecule has 1 atom stereocenters. The number of nitrogens with zero attached hydrogens (tertiary/aromatic N) is 1. The molecule has 0 amide bonds. The van der Waals surface area contributed by atoms with E-state index >= 15 is 0 Å². The number of aromatic nitrogens is 1. The molecule has 0 aliphatic heterocycles. The van der Waals surface area contributed by atoms with Gasteiger partial charge in [-0.25, -0.2) is 0 Å². The molecule has 3 nitrogen and oxygen atoms in total. The van der Waals surface area contributed by atoms with E-state index in [2.05, 4.69) is 44.2 Å². The molecule has 1 unspecified atom stereocenters. The van der Waals surface area contributed by atoms with Crippen LogP contribution in [0.3, 0.4) is 0 Å². The summed E-state index contributed by atoms with van der Waals surface area (Å²) in [5, 5.41) is 2.30. The lowest BCUT2D eigenvalue weighted by atomic mass is 9.84. The second-order valence-corrected chi connectivity index (χ2v) is 7.85. The Morgan fingerprint density at radius 3 is 2.18 bits per heavy atom. The highest BCUT2D eigenvalue weighted by Crippen LogP contribution is 2.41. The fraction of sp³-hybridized carbons (Fsp3) is 0.640. The highest BCUT2D eigenvalue weighted by atomic mass is 16.7. The Morgan fingerprint density at radius 1 is 0.821 bits per heavy atom. The molecule has 2 rings (SSSR count). The molecule has 0 bridgehead atoms. The van der Waals surface area contributed by atoms with Crippen molar-refractivity contribution in [2.24, 2.45) is 5.92 Å². The molecule has 0 saturated heterocycles. The molecule has 3 heteroatoms. The summed E-state index contributed by atoms with van der Waals surface area (Å²) >= 11 is 0. The molecule has 28 heavy (non-hydrogen) atoms. The minimum atomic E-state index is -0.792. The number of methoxy groups -OCH3 is 2. The first-order valence-corrected chi connectivity index (χ1v) is 11.2. The van der Waals surface area contributed by atoms with Crippen molar-refractivity contribution in [2.75, 3.05) is 14.2 Å². The molecule has 0 spiro atoms. The summed E-state index contributed by atoms with van der Waals surface area (Å²) in [6, 6.07) is 10.5. The summed E-state index contributed by atoms with van der Waals surface area (Å²) in [6.45, 7) is 4.52. The Kier molecular flexibility index (Phi) is 9.94. The van der Waals surface area contributed by atoms with Crippen molar-refractivity contribution < 1.29 is 9.47 Å². The largest absolute Gasteiger partial charge is 0.348 e. The van der Waals surface area contributed by atoms with Gasteiger partial charge < -0.3 is 9.47 Å². The van der Waals surface area contributed by atoms with Gasteiger partial charge in [0.15, 0.2) is 0 Å². The van der Waals surface area contributed by atoms with Gasteiger partial charge >= 0.3 is 0 Å². The van der Waals surface area contributed by atoms with E-state index in [0.717, 1.165) is 23.9 Å². The van der Waals surface area contributed by atoms with Gasteiger partial charge in [-0.15, -0.1) is 0 Å². The molecular formula is C25H39NO2. The van der Waals surface area contributed by atoms with Gasteiger partial charge in [0, 0.05) is 31.7 Å². The van der Waals surface area contributed by atoms with Crippen molar-refractivity contribution in [1.82, 2.24) is 4.98 Å². The van der Waals surface area contributed by atoms with Crippen molar-refractivity contribution in [3.63, 3.8) is 0 Å². The van der Waals surface area contributed by atoms with Gasteiger partial charge in [-0.1, -0.05) is 89.5 Å². The summed E-state index contributed by atoms with van der Waals surface area (Å²) in [5.74, 6) is -0.494. The van der Waals surface area contributed by atoms with Gasteiger partial charge in [0.1, 0.15) is 5.69 Å². The van der Waals surface area contributed by atoms with E-state index in [-0.39, 0.29) is 0 Å². The van der Waals surface area contributed by atoms with Crippen LogP contribution in [0.15, 0.2) is 36.5 Å².